The number of hydrogen-bond donors (Lipinski definition) is 2. The zero-order valence-electron chi connectivity index (χ0n) is 13.7. The fourth-order valence-corrected chi connectivity index (χ4v) is 4.91. The SMILES string of the molecule is O=C1NC(=S)NC(=O)C1=Cc1cc(Br)cc(Br)c1OS(=O)(=O)c1ccccc1. The summed E-state index contributed by atoms with van der Waals surface area (Å²) in [4.78, 5) is 24.2. The van der Waals surface area contributed by atoms with E-state index in [1.165, 1.54) is 24.3 Å². The van der Waals surface area contributed by atoms with E-state index < -0.39 is 21.9 Å². The van der Waals surface area contributed by atoms with E-state index in [1.54, 1.807) is 24.3 Å². The summed E-state index contributed by atoms with van der Waals surface area (Å²) < 4.78 is 31.4. The quantitative estimate of drug-likeness (QED) is 0.265. The minimum absolute atomic E-state index is 0.0399. The molecule has 2 amide bonds. The van der Waals surface area contributed by atoms with Gasteiger partial charge in [0, 0.05) is 10.0 Å². The molecule has 1 aliphatic heterocycles. The van der Waals surface area contributed by atoms with Crippen LogP contribution in [0.1, 0.15) is 5.56 Å². The summed E-state index contributed by atoms with van der Waals surface area (Å²) in [6.07, 6.45) is 1.22. The van der Waals surface area contributed by atoms with Gasteiger partial charge in [0.15, 0.2) is 10.9 Å². The molecule has 0 spiro atoms. The predicted molar refractivity (Wildman–Crippen MR) is 113 cm³/mol. The molecule has 0 unspecified atom stereocenters. The van der Waals surface area contributed by atoms with Gasteiger partial charge in [0.1, 0.15) is 10.5 Å². The fourth-order valence-electron chi connectivity index (χ4n) is 2.28. The summed E-state index contributed by atoms with van der Waals surface area (Å²) in [7, 11) is -4.14. The van der Waals surface area contributed by atoms with Crippen LogP contribution in [0.4, 0.5) is 0 Å². The van der Waals surface area contributed by atoms with Crippen molar-refractivity contribution in [2.24, 2.45) is 0 Å². The van der Waals surface area contributed by atoms with E-state index in [-0.39, 0.29) is 26.9 Å². The third-order valence-corrected chi connectivity index (χ3v) is 5.99. The molecule has 1 heterocycles. The number of carbonyl (C=O) groups is 2. The Labute approximate surface area is 182 Å². The Bertz CT molecular complexity index is 1110. The maximum Gasteiger partial charge on any atom is 0.339 e. The maximum atomic E-state index is 12.6. The van der Waals surface area contributed by atoms with Crippen LogP contribution >= 0.6 is 44.1 Å². The van der Waals surface area contributed by atoms with E-state index in [1.807, 2.05) is 0 Å². The molecule has 11 heteroatoms. The Kier molecular flexibility index (Phi) is 5.98. The first-order chi connectivity index (χ1) is 13.2. The van der Waals surface area contributed by atoms with Crippen molar-refractivity contribution in [2.45, 2.75) is 4.90 Å². The fraction of sp³-hybridized carbons (Fsp3) is 0. The van der Waals surface area contributed by atoms with Crippen molar-refractivity contribution in [3.05, 3.63) is 62.5 Å². The predicted octanol–water partition coefficient (Wildman–Crippen LogP) is 2.89. The summed E-state index contributed by atoms with van der Waals surface area (Å²) in [6, 6.07) is 10.7. The maximum absolute atomic E-state index is 12.6. The Morgan fingerprint density at radius 2 is 1.61 bits per heavy atom. The van der Waals surface area contributed by atoms with Crippen LogP contribution in [-0.2, 0) is 19.7 Å². The smallest absolute Gasteiger partial charge is 0.339 e. The summed E-state index contributed by atoms with van der Waals surface area (Å²) in [5, 5.41) is 4.52. The Hall–Kier alpha value is -2.08. The Morgan fingerprint density at radius 1 is 1.00 bits per heavy atom. The zero-order chi connectivity index (χ0) is 20.5. The van der Waals surface area contributed by atoms with Crippen LogP contribution in [0.5, 0.6) is 5.75 Å². The molecule has 3 rings (SSSR count). The van der Waals surface area contributed by atoms with E-state index >= 15 is 0 Å². The summed E-state index contributed by atoms with van der Waals surface area (Å²) in [5.41, 5.74) is -0.0607. The van der Waals surface area contributed by atoms with Crippen molar-refractivity contribution in [3.63, 3.8) is 0 Å². The highest BCUT2D eigenvalue weighted by Crippen LogP contribution is 2.36. The first-order valence-electron chi connectivity index (χ1n) is 7.54. The molecule has 0 radical (unpaired) electrons. The topological polar surface area (TPSA) is 102 Å². The lowest BCUT2D eigenvalue weighted by atomic mass is 10.1. The average Bonchev–Trinajstić information content (AvgIpc) is 2.61. The minimum Gasteiger partial charge on any atom is -0.377 e. The van der Waals surface area contributed by atoms with Gasteiger partial charge < -0.3 is 4.18 Å². The van der Waals surface area contributed by atoms with E-state index in [2.05, 4.69) is 42.5 Å². The highest BCUT2D eigenvalue weighted by Gasteiger charge is 2.27. The second-order valence-corrected chi connectivity index (χ2v) is 9.18. The van der Waals surface area contributed by atoms with Crippen molar-refractivity contribution >= 4 is 77.2 Å². The second-order valence-electron chi connectivity index (χ2n) is 5.45. The molecule has 144 valence electrons. The lowest BCUT2D eigenvalue weighted by molar-refractivity contribution is -0.123. The standard InChI is InChI=1S/C17H10Br2N2O5S2/c18-10-6-9(7-12-15(22)20-17(27)21-16(12)23)14(13(19)8-10)26-28(24,25)11-4-2-1-3-5-11/h1-8H,(H2,20,21,22,23,27). The lowest BCUT2D eigenvalue weighted by Gasteiger charge is -2.17. The summed E-state index contributed by atoms with van der Waals surface area (Å²) in [5.74, 6) is -1.49. The van der Waals surface area contributed by atoms with Gasteiger partial charge >= 0.3 is 10.1 Å². The zero-order valence-corrected chi connectivity index (χ0v) is 18.5. The van der Waals surface area contributed by atoms with Crippen LogP contribution in [0.2, 0.25) is 0 Å². The highest BCUT2D eigenvalue weighted by molar-refractivity contribution is 9.11. The first kappa shape index (κ1) is 20.6. The van der Waals surface area contributed by atoms with Crippen molar-refractivity contribution in [1.29, 1.82) is 0 Å². The number of amides is 2. The van der Waals surface area contributed by atoms with Gasteiger partial charge in [-0.3, -0.25) is 20.2 Å². The van der Waals surface area contributed by atoms with Crippen molar-refractivity contribution in [2.75, 3.05) is 0 Å². The van der Waals surface area contributed by atoms with Gasteiger partial charge in [-0.2, -0.15) is 8.42 Å². The molecule has 0 aromatic heterocycles. The molecule has 2 N–H and O–H groups in total. The van der Waals surface area contributed by atoms with E-state index in [0.29, 0.717) is 8.95 Å². The molecule has 1 saturated heterocycles. The van der Waals surface area contributed by atoms with Crippen LogP contribution in [0.25, 0.3) is 6.08 Å². The number of nitrogens with one attached hydrogen (secondary N) is 2. The normalized spacial score (nSPS) is 14.4. The van der Waals surface area contributed by atoms with Crippen LogP contribution in [-0.4, -0.2) is 25.3 Å². The minimum atomic E-state index is -4.14. The van der Waals surface area contributed by atoms with Gasteiger partial charge in [-0.15, -0.1) is 0 Å². The third-order valence-electron chi connectivity index (χ3n) is 3.51. The monoisotopic (exact) mass is 544 g/mol. The van der Waals surface area contributed by atoms with Crippen molar-refractivity contribution < 1.29 is 22.2 Å². The number of thiocarbonyl (C=S) groups is 1. The number of rotatable bonds is 4. The Morgan fingerprint density at radius 3 is 2.21 bits per heavy atom. The first-order valence-corrected chi connectivity index (χ1v) is 10.9. The highest BCUT2D eigenvalue weighted by atomic mass is 79.9. The van der Waals surface area contributed by atoms with Gasteiger partial charge in [-0.25, -0.2) is 0 Å². The molecule has 2 aromatic carbocycles. The van der Waals surface area contributed by atoms with Crippen LogP contribution in [0.15, 0.2) is 61.9 Å². The van der Waals surface area contributed by atoms with Gasteiger partial charge in [0.2, 0.25) is 0 Å². The van der Waals surface area contributed by atoms with Crippen molar-refractivity contribution in [3.8, 4) is 5.75 Å². The summed E-state index contributed by atoms with van der Waals surface area (Å²) in [6.45, 7) is 0. The molecule has 1 fully saturated rings. The second kappa shape index (κ2) is 8.11. The number of hydrogen-bond acceptors (Lipinski definition) is 6. The number of benzene rings is 2. The van der Waals surface area contributed by atoms with Gasteiger partial charge in [-0.05, 0) is 58.5 Å². The molecular formula is C17H10Br2N2O5S2. The van der Waals surface area contributed by atoms with Crippen LogP contribution < -0.4 is 14.8 Å². The molecule has 7 nitrogen and oxygen atoms in total. The van der Waals surface area contributed by atoms with Gasteiger partial charge in [0.05, 0.1) is 4.47 Å². The van der Waals surface area contributed by atoms with E-state index in [4.69, 9.17) is 16.4 Å². The molecule has 0 saturated carbocycles. The van der Waals surface area contributed by atoms with Gasteiger partial charge in [0.25, 0.3) is 11.8 Å². The molecule has 0 bridgehead atoms. The molecule has 0 atom stereocenters. The summed E-state index contributed by atoms with van der Waals surface area (Å²) >= 11 is 11.3. The van der Waals surface area contributed by atoms with E-state index in [9.17, 15) is 18.0 Å². The average molecular weight is 546 g/mol. The largest absolute Gasteiger partial charge is 0.377 e. The number of carbonyl (C=O) groups excluding carboxylic acids is 2. The Balaban J connectivity index is 2.09. The lowest BCUT2D eigenvalue weighted by Crippen LogP contribution is -2.51. The third kappa shape index (κ3) is 4.49. The van der Waals surface area contributed by atoms with Gasteiger partial charge in [-0.1, -0.05) is 34.1 Å². The van der Waals surface area contributed by atoms with Crippen molar-refractivity contribution in [1.82, 2.24) is 10.6 Å². The van der Waals surface area contributed by atoms with E-state index in [0.717, 1.165) is 0 Å². The van der Waals surface area contributed by atoms with Crippen LogP contribution in [0, 0.1) is 0 Å². The molecule has 0 aliphatic carbocycles. The molecule has 28 heavy (non-hydrogen) atoms. The number of halogens is 2. The molecular weight excluding hydrogens is 536 g/mol. The molecule has 2 aromatic rings. The molecule has 1 aliphatic rings. The van der Waals surface area contributed by atoms with Crippen LogP contribution in [0.3, 0.4) is 0 Å².